The number of carbonyl (C=O) groups is 1. The summed E-state index contributed by atoms with van der Waals surface area (Å²) < 4.78 is 46.5. The number of hydrogen-bond acceptors (Lipinski definition) is 5. The number of benzene rings is 2. The molecule has 1 unspecified atom stereocenters. The zero-order valence-corrected chi connectivity index (χ0v) is 17.3. The van der Waals surface area contributed by atoms with Crippen LogP contribution in [0.2, 0.25) is 0 Å². The second-order valence-corrected chi connectivity index (χ2v) is 7.48. The molecule has 1 N–H and O–H groups in total. The van der Waals surface area contributed by atoms with Crippen LogP contribution < -0.4 is 4.74 Å². The predicted octanol–water partition coefficient (Wildman–Crippen LogP) is 4.77. The van der Waals surface area contributed by atoms with E-state index in [-0.39, 0.29) is 16.3 Å². The number of alkyl halides is 3. The van der Waals surface area contributed by atoms with Crippen molar-refractivity contribution in [3.63, 3.8) is 0 Å². The molecule has 0 bridgehead atoms. The van der Waals surface area contributed by atoms with E-state index >= 15 is 0 Å². The van der Waals surface area contributed by atoms with Gasteiger partial charge < -0.3 is 9.84 Å². The molecule has 0 aliphatic carbocycles. The van der Waals surface area contributed by atoms with E-state index in [1.165, 1.54) is 13.0 Å². The van der Waals surface area contributed by atoms with Crippen LogP contribution in [0.4, 0.5) is 13.2 Å². The molecule has 2 heterocycles. The van der Waals surface area contributed by atoms with Crippen molar-refractivity contribution in [2.45, 2.75) is 32.2 Å². The van der Waals surface area contributed by atoms with Crippen LogP contribution in [0, 0.1) is 0 Å². The Morgan fingerprint density at radius 3 is 2.66 bits per heavy atom. The first kappa shape index (κ1) is 21.8. The molecule has 4 rings (SSSR count). The van der Waals surface area contributed by atoms with Gasteiger partial charge in [-0.05, 0) is 38.1 Å². The molecule has 2 aromatic carbocycles. The number of ether oxygens (including phenoxy) is 1. The molecule has 1 aliphatic rings. The largest absolute Gasteiger partial charge is 0.494 e. The number of amides is 1. The van der Waals surface area contributed by atoms with Gasteiger partial charge in [0, 0.05) is 23.1 Å². The number of pyridine rings is 1. The average Bonchev–Trinajstić information content (AvgIpc) is 3.08. The molecule has 0 saturated heterocycles. The molecule has 166 valence electrons. The van der Waals surface area contributed by atoms with Gasteiger partial charge in [0.15, 0.2) is 0 Å². The number of carbonyl (C=O) groups excluding carboxylic acids is 1. The number of aliphatic hydroxyl groups is 1. The quantitative estimate of drug-likeness (QED) is 0.630. The van der Waals surface area contributed by atoms with E-state index in [4.69, 9.17) is 4.74 Å². The fraction of sp³-hybridized carbons (Fsp3) is 0.261. The Morgan fingerprint density at radius 1 is 1.19 bits per heavy atom. The van der Waals surface area contributed by atoms with Crippen LogP contribution >= 0.6 is 0 Å². The van der Waals surface area contributed by atoms with Gasteiger partial charge >= 0.3 is 6.18 Å². The van der Waals surface area contributed by atoms with Crippen LogP contribution in [0.5, 0.6) is 5.75 Å². The van der Waals surface area contributed by atoms with E-state index in [1.807, 2.05) is 6.92 Å². The Kier molecular flexibility index (Phi) is 5.37. The van der Waals surface area contributed by atoms with Gasteiger partial charge in [-0.15, -0.1) is 0 Å². The second kappa shape index (κ2) is 7.90. The number of rotatable bonds is 4. The lowest BCUT2D eigenvalue weighted by molar-refractivity contribution is -0.297. The molecule has 1 atom stereocenters. The van der Waals surface area contributed by atoms with Crippen LogP contribution in [0.15, 0.2) is 59.7 Å². The number of hydrogen-bond donors (Lipinski definition) is 1. The predicted molar refractivity (Wildman–Crippen MR) is 113 cm³/mol. The summed E-state index contributed by atoms with van der Waals surface area (Å²) in [6.07, 6.45) is -5.89. The number of fused-ring (bicyclic) bond motifs is 1. The summed E-state index contributed by atoms with van der Waals surface area (Å²) in [7, 11) is 0. The highest BCUT2D eigenvalue weighted by Gasteiger charge is 2.62. The van der Waals surface area contributed by atoms with Crippen LogP contribution in [-0.2, 0) is 0 Å². The third-order valence-corrected chi connectivity index (χ3v) is 5.16. The number of halogens is 3. The maximum atomic E-state index is 13.7. The highest BCUT2D eigenvalue weighted by molar-refractivity contribution is 6.08. The normalized spacial score (nSPS) is 18.7. The van der Waals surface area contributed by atoms with E-state index in [1.54, 1.807) is 48.5 Å². The minimum Gasteiger partial charge on any atom is -0.494 e. The van der Waals surface area contributed by atoms with Gasteiger partial charge in [-0.3, -0.25) is 4.79 Å². The van der Waals surface area contributed by atoms with Crippen molar-refractivity contribution < 1.29 is 27.8 Å². The molecule has 32 heavy (non-hydrogen) atoms. The van der Waals surface area contributed by atoms with Gasteiger partial charge in [0.05, 0.1) is 23.4 Å². The first-order valence-electron chi connectivity index (χ1n) is 9.95. The molecule has 1 aliphatic heterocycles. The zero-order valence-electron chi connectivity index (χ0n) is 17.3. The molecule has 0 radical (unpaired) electrons. The molecular formula is C23H20F3N3O3. The van der Waals surface area contributed by atoms with Crippen LogP contribution in [0.3, 0.4) is 0 Å². The Labute approximate surface area is 181 Å². The molecule has 1 aromatic heterocycles. The summed E-state index contributed by atoms with van der Waals surface area (Å²) in [6.45, 7) is 3.64. The van der Waals surface area contributed by atoms with Gasteiger partial charge in [-0.2, -0.15) is 23.3 Å². The monoisotopic (exact) mass is 443 g/mol. The van der Waals surface area contributed by atoms with Crippen molar-refractivity contribution in [2.75, 3.05) is 6.61 Å². The lowest BCUT2D eigenvalue weighted by atomic mass is 10.0. The van der Waals surface area contributed by atoms with Crippen molar-refractivity contribution in [3.05, 3.63) is 60.2 Å². The highest BCUT2D eigenvalue weighted by Crippen LogP contribution is 2.41. The first-order valence-corrected chi connectivity index (χ1v) is 9.95. The molecular weight excluding hydrogens is 423 g/mol. The van der Waals surface area contributed by atoms with Gasteiger partial charge in [0.1, 0.15) is 5.75 Å². The molecule has 9 heteroatoms. The van der Waals surface area contributed by atoms with E-state index in [0.29, 0.717) is 34.5 Å². The minimum atomic E-state index is -5.08. The SMILES string of the molecule is CCOc1cccc(-c2cc(C(=O)N3N=C(C)CC3(O)C(F)(F)F)c3ccccc3n2)c1. The van der Waals surface area contributed by atoms with E-state index < -0.39 is 24.2 Å². The fourth-order valence-electron chi connectivity index (χ4n) is 3.68. The standard InChI is InChI=1S/C23H20F3N3O3/c1-3-32-16-8-6-7-15(11-16)20-12-18(17-9-4-5-10-19(17)27-20)21(30)29-22(31,23(24,25)26)13-14(2)28-29/h4-12,31H,3,13H2,1-2H3. The van der Waals surface area contributed by atoms with E-state index in [2.05, 4.69) is 10.1 Å². The Bertz CT molecular complexity index is 1230. The summed E-state index contributed by atoms with van der Waals surface area (Å²) in [4.78, 5) is 17.9. The van der Waals surface area contributed by atoms with Crippen molar-refractivity contribution in [2.24, 2.45) is 5.10 Å². The number of para-hydroxylation sites is 1. The Hall–Kier alpha value is -3.46. The van der Waals surface area contributed by atoms with Crippen molar-refractivity contribution >= 4 is 22.5 Å². The number of hydrazone groups is 1. The first-order chi connectivity index (χ1) is 15.1. The van der Waals surface area contributed by atoms with Gasteiger partial charge in [0.2, 0.25) is 0 Å². The van der Waals surface area contributed by atoms with E-state index in [9.17, 15) is 23.1 Å². The Morgan fingerprint density at radius 2 is 1.94 bits per heavy atom. The Balaban J connectivity index is 1.87. The molecule has 1 amide bonds. The summed E-state index contributed by atoms with van der Waals surface area (Å²) in [5, 5.41) is 14.6. The van der Waals surface area contributed by atoms with Crippen LogP contribution in [0.1, 0.15) is 30.6 Å². The minimum absolute atomic E-state index is 0.00109. The third kappa shape index (κ3) is 3.69. The van der Waals surface area contributed by atoms with E-state index in [0.717, 1.165) is 0 Å². The summed E-state index contributed by atoms with van der Waals surface area (Å²) in [5.41, 5.74) is -2.03. The lowest BCUT2D eigenvalue weighted by Crippen LogP contribution is -2.56. The van der Waals surface area contributed by atoms with Crippen LogP contribution in [0.25, 0.3) is 22.2 Å². The maximum absolute atomic E-state index is 13.7. The van der Waals surface area contributed by atoms with Crippen LogP contribution in [-0.4, -0.2) is 45.2 Å². The number of nitrogens with zero attached hydrogens (tertiary/aromatic N) is 3. The number of aromatic nitrogens is 1. The van der Waals surface area contributed by atoms with Crippen molar-refractivity contribution in [3.8, 4) is 17.0 Å². The van der Waals surface area contributed by atoms with Gasteiger partial charge in [0.25, 0.3) is 11.6 Å². The fourth-order valence-corrected chi connectivity index (χ4v) is 3.68. The summed E-state index contributed by atoms with van der Waals surface area (Å²) >= 11 is 0. The molecule has 6 nitrogen and oxygen atoms in total. The van der Waals surface area contributed by atoms with Crippen molar-refractivity contribution in [1.29, 1.82) is 0 Å². The van der Waals surface area contributed by atoms with Crippen molar-refractivity contribution in [1.82, 2.24) is 9.99 Å². The van der Waals surface area contributed by atoms with Gasteiger partial charge in [-0.1, -0.05) is 30.3 Å². The lowest BCUT2D eigenvalue weighted by Gasteiger charge is -2.32. The molecule has 3 aromatic rings. The highest BCUT2D eigenvalue weighted by atomic mass is 19.4. The zero-order chi connectivity index (χ0) is 23.1. The second-order valence-electron chi connectivity index (χ2n) is 7.48. The summed E-state index contributed by atoms with van der Waals surface area (Å²) in [5.74, 6) is -0.471. The average molecular weight is 443 g/mol. The molecule has 0 saturated carbocycles. The maximum Gasteiger partial charge on any atom is 0.438 e. The molecule has 0 spiro atoms. The van der Waals surface area contributed by atoms with Gasteiger partial charge in [-0.25, -0.2) is 4.98 Å². The third-order valence-electron chi connectivity index (χ3n) is 5.16. The molecule has 0 fully saturated rings. The topological polar surface area (TPSA) is 75.0 Å². The smallest absolute Gasteiger partial charge is 0.438 e. The summed E-state index contributed by atoms with van der Waals surface area (Å²) in [6, 6.07) is 15.1.